The summed E-state index contributed by atoms with van der Waals surface area (Å²) >= 11 is 0. The Labute approximate surface area is 119 Å². The van der Waals surface area contributed by atoms with E-state index in [0.29, 0.717) is 6.54 Å². The zero-order valence-corrected chi connectivity index (χ0v) is 11.4. The third-order valence-corrected chi connectivity index (χ3v) is 2.99. The predicted molar refractivity (Wildman–Crippen MR) is 59.9 cm³/mol. The maximum atomic E-state index is 11.1. The lowest BCUT2D eigenvalue weighted by Crippen LogP contribution is -3.00. The normalized spacial score (nSPS) is 19.4. The van der Waals surface area contributed by atoms with E-state index >= 15 is 0 Å². The highest BCUT2D eigenvalue weighted by molar-refractivity contribution is 5.73. The highest BCUT2D eigenvalue weighted by Crippen LogP contribution is 2.19. The topological polar surface area (TPSA) is 53.4 Å². The summed E-state index contributed by atoms with van der Waals surface area (Å²) in [5.74, 6) is -0.712. The Morgan fingerprint density at radius 1 is 1.39 bits per heavy atom. The molecule has 102 valence electrons. The van der Waals surface area contributed by atoms with E-state index < -0.39 is 5.97 Å². The molecule has 1 fully saturated rings. The molecule has 0 bridgehead atoms. The fourth-order valence-electron chi connectivity index (χ4n) is 2.16. The van der Waals surface area contributed by atoms with Gasteiger partial charge in [0.2, 0.25) is 0 Å². The van der Waals surface area contributed by atoms with Gasteiger partial charge < -0.3 is 29.9 Å². The summed E-state index contributed by atoms with van der Waals surface area (Å²) in [4.78, 5) is 17.3. The van der Waals surface area contributed by atoms with Crippen LogP contribution in [0.4, 0.5) is 0 Å². The summed E-state index contributed by atoms with van der Waals surface area (Å²) in [6, 6.07) is 5.40. The van der Waals surface area contributed by atoms with Crippen molar-refractivity contribution in [1.82, 2.24) is 9.88 Å². The summed E-state index contributed by atoms with van der Waals surface area (Å²) in [5, 5.41) is 9.12. The second-order valence-electron chi connectivity index (χ2n) is 4.14. The molecule has 0 aliphatic carbocycles. The smallest absolute Gasteiger partial charge is 0.320 e. The minimum absolute atomic E-state index is 0. The van der Waals surface area contributed by atoms with Gasteiger partial charge in [0.1, 0.15) is 6.04 Å². The number of aromatic nitrogens is 1. The van der Waals surface area contributed by atoms with Crippen LogP contribution in [0, 0.1) is 0 Å². The lowest BCUT2D eigenvalue weighted by atomic mass is 10.0. The van der Waals surface area contributed by atoms with Crippen molar-refractivity contribution in [3.8, 4) is 0 Å². The molecule has 1 saturated heterocycles. The van der Waals surface area contributed by atoms with Gasteiger partial charge in [-0.25, -0.2) is 0 Å². The number of likely N-dealkylation sites (tertiary alicyclic amines) is 1. The van der Waals surface area contributed by atoms with Crippen LogP contribution in [0.25, 0.3) is 0 Å². The van der Waals surface area contributed by atoms with E-state index in [0.717, 1.165) is 31.5 Å². The van der Waals surface area contributed by atoms with Crippen LogP contribution < -0.4 is 24.8 Å². The first kappa shape index (κ1) is 17.2. The molecule has 0 spiro atoms. The van der Waals surface area contributed by atoms with Crippen LogP contribution in [-0.4, -0.2) is 33.5 Å². The van der Waals surface area contributed by atoms with E-state index in [-0.39, 0.29) is 30.9 Å². The number of carbonyl (C=O) groups is 1. The van der Waals surface area contributed by atoms with E-state index in [9.17, 15) is 4.79 Å². The molecule has 2 heterocycles. The zero-order chi connectivity index (χ0) is 11.4. The fourth-order valence-corrected chi connectivity index (χ4v) is 2.16. The Morgan fingerprint density at radius 3 is 2.78 bits per heavy atom. The second-order valence-corrected chi connectivity index (χ2v) is 4.14. The molecule has 0 aromatic carbocycles. The molecule has 2 rings (SSSR count). The largest absolute Gasteiger partial charge is 1.00 e. The SMILES string of the molecule is O=C(O)C1CCCCN1Cc1ccccn1.[Cl-].[Cl-]. The molecule has 1 aliphatic rings. The van der Waals surface area contributed by atoms with Gasteiger partial charge >= 0.3 is 5.97 Å². The van der Waals surface area contributed by atoms with Crippen LogP contribution in [0.3, 0.4) is 0 Å². The number of halogens is 2. The monoisotopic (exact) mass is 290 g/mol. The van der Waals surface area contributed by atoms with Gasteiger partial charge in [0.15, 0.2) is 0 Å². The van der Waals surface area contributed by atoms with Gasteiger partial charge in [-0.05, 0) is 31.5 Å². The minimum Gasteiger partial charge on any atom is -1.00 e. The number of piperidine rings is 1. The number of pyridine rings is 1. The van der Waals surface area contributed by atoms with Gasteiger partial charge in [-0.1, -0.05) is 12.5 Å². The van der Waals surface area contributed by atoms with Crippen molar-refractivity contribution in [1.29, 1.82) is 0 Å². The molecule has 6 heteroatoms. The van der Waals surface area contributed by atoms with Crippen molar-refractivity contribution in [2.75, 3.05) is 6.54 Å². The lowest BCUT2D eigenvalue weighted by molar-refractivity contribution is -0.144. The molecule has 0 amide bonds. The van der Waals surface area contributed by atoms with Gasteiger partial charge in [0.05, 0.1) is 5.69 Å². The van der Waals surface area contributed by atoms with Crippen LogP contribution in [0.5, 0.6) is 0 Å². The van der Waals surface area contributed by atoms with Crippen LogP contribution in [-0.2, 0) is 11.3 Å². The van der Waals surface area contributed by atoms with E-state index in [1.165, 1.54) is 0 Å². The molecule has 0 radical (unpaired) electrons. The number of nitrogens with zero attached hydrogens (tertiary/aromatic N) is 2. The standard InChI is InChI=1S/C12H16N2O2.2ClH/c15-12(16)11-6-2-4-8-14(11)9-10-5-1-3-7-13-10;;/h1,3,5,7,11H,2,4,6,8-9H2,(H,15,16);2*1H/p-2. The van der Waals surface area contributed by atoms with Crippen LogP contribution in [0.15, 0.2) is 24.4 Å². The second kappa shape index (κ2) is 8.29. The molecule has 1 unspecified atom stereocenters. The van der Waals surface area contributed by atoms with Gasteiger partial charge in [-0.15, -0.1) is 0 Å². The summed E-state index contributed by atoms with van der Waals surface area (Å²) in [6.45, 7) is 1.49. The number of carboxylic acid groups (broad SMARTS) is 1. The number of hydrogen-bond acceptors (Lipinski definition) is 3. The van der Waals surface area contributed by atoms with E-state index in [4.69, 9.17) is 5.11 Å². The first-order valence-corrected chi connectivity index (χ1v) is 5.64. The molecule has 1 aliphatic heterocycles. The van der Waals surface area contributed by atoms with E-state index in [2.05, 4.69) is 4.98 Å². The highest BCUT2D eigenvalue weighted by atomic mass is 35.5. The van der Waals surface area contributed by atoms with Crippen LogP contribution >= 0.6 is 0 Å². The fraction of sp³-hybridized carbons (Fsp3) is 0.500. The van der Waals surface area contributed by atoms with Crippen molar-refractivity contribution in [2.45, 2.75) is 31.8 Å². The van der Waals surface area contributed by atoms with Gasteiger partial charge in [0, 0.05) is 12.7 Å². The Bertz CT molecular complexity index is 362. The maximum Gasteiger partial charge on any atom is 0.320 e. The summed E-state index contributed by atoms with van der Waals surface area (Å²) in [5.41, 5.74) is 0.940. The van der Waals surface area contributed by atoms with Gasteiger partial charge in [0.25, 0.3) is 0 Å². The highest BCUT2D eigenvalue weighted by Gasteiger charge is 2.28. The molecule has 0 saturated carbocycles. The maximum absolute atomic E-state index is 11.1. The van der Waals surface area contributed by atoms with Crippen molar-refractivity contribution in [3.63, 3.8) is 0 Å². The zero-order valence-electron chi connectivity index (χ0n) is 9.93. The quantitative estimate of drug-likeness (QED) is 0.610. The Morgan fingerprint density at radius 2 is 2.17 bits per heavy atom. The Balaban J connectivity index is 0.00000144. The molecule has 4 nitrogen and oxygen atoms in total. The lowest BCUT2D eigenvalue weighted by Gasteiger charge is -2.32. The third-order valence-electron chi connectivity index (χ3n) is 2.99. The Hall–Kier alpha value is -0.840. The number of hydrogen-bond donors (Lipinski definition) is 1. The number of rotatable bonds is 3. The molecule has 18 heavy (non-hydrogen) atoms. The van der Waals surface area contributed by atoms with Gasteiger partial charge in [-0.2, -0.15) is 0 Å². The molecular formula is C12H16Cl2N2O2-2. The van der Waals surface area contributed by atoms with E-state index in [1.54, 1.807) is 6.20 Å². The first-order chi connectivity index (χ1) is 7.77. The van der Waals surface area contributed by atoms with E-state index in [1.807, 2.05) is 23.1 Å². The molecule has 1 aromatic rings. The first-order valence-electron chi connectivity index (χ1n) is 5.64. The van der Waals surface area contributed by atoms with Crippen LogP contribution in [0.2, 0.25) is 0 Å². The summed E-state index contributed by atoms with van der Waals surface area (Å²) in [7, 11) is 0. The Kier molecular flexibility index (Phi) is 7.91. The average molecular weight is 291 g/mol. The minimum atomic E-state index is -0.712. The van der Waals surface area contributed by atoms with Crippen molar-refractivity contribution < 1.29 is 34.7 Å². The predicted octanol–water partition coefficient (Wildman–Crippen LogP) is -4.47. The van der Waals surface area contributed by atoms with Crippen molar-refractivity contribution in [2.24, 2.45) is 0 Å². The molecule has 1 aromatic heterocycles. The van der Waals surface area contributed by atoms with Crippen LogP contribution in [0.1, 0.15) is 25.0 Å². The molecule has 1 N–H and O–H groups in total. The van der Waals surface area contributed by atoms with Crippen molar-refractivity contribution in [3.05, 3.63) is 30.1 Å². The van der Waals surface area contributed by atoms with Crippen molar-refractivity contribution >= 4 is 5.97 Å². The molecule has 1 atom stereocenters. The average Bonchev–Trinajstić information content (AvgIpc) is 2.31. The number of aliphatic carboxylic acids is 1. The number of carboxylic acids is 1. The summed E-state index contributed by atoms with van der Waals surface area (Å²) in [6.07, 6.45) is 4.59. The molecular weight excluding hydrogens is 275 g/mol. The third kappa shape index (κ3) is 4.44. The summed E-state index contributed by atoms with van der Waals surface area (Å²) < 4.78 is 0. The van der Waals surface area contributed by atoms with Gasteiger partial charge in [-0.3, -0.25) is 14.7 Å².